The van der Waals surface area contributed by atoms with Crippen molar-refractivity contribution in [2.75, 3.05) is 23.5 Å². The number of ether oxygens (including phenoxy) is 1. The van der Waals surface area contributed by atoms with Gasteiger partial charge in [0.25, 0.3) is 11.8 Å². The van der Waals surface area contributed by atoms with Crippen molar-refractivity contribution in [3.8, 4) is 5.75 Å². The summed E-state index contributed by atoms with van der Waals surface area (Å²) in [7, 11) is 1.61. The van der Waals surface area contributed by atoms with Gasteiger partial charge in [-0.05, 0) is 54.8 Å². The molecule has 38 heavy (non-hydrogen) atoms. The summed E-state index contributed by atoms with van der Waals surface area (Å²) in [5.41, 5.74) is 2.81. The highest BCUT2D eigenvalue weighted by Crippen LogP contribution is 2.43. The lowest BCUT2D eigenvalue weighted by molar-refractivity contribution is -0.123. The van der Waals surface area contributed by atoms with Gasteiger partial charge in [0.05, 0.1) is 42.1 Å². The Bertz CT molecular complexity index is 1420. The molecule has 1 fully saturated rings. The number of hydrogen-bond acceptors (Lipinski definition) is 5. The zero-order valence-electron chi connectivity index (χ0n) is 21.0. The van der Waals surface area contributed by atoms with E-state index in [-0.39, 0.29) is 30.3 Å². The maximum atomic E-state index is 13.9. The molecule has 2 heterocycles. The number of para-hydroxylation sites is 2. The van der Waals surface area contributed by atoms with Gasteiger partial charge in [-0.15, -0.1) is 0 Å². The van der Waals surface area contributed by atoms with Gasteiger partial charge in [0.2, 0.25) is 11.8 Å². The van der Waals surface area contributed by atoms with E-state index in [1.54, 1.807) is 41.2 Å². The molecule has 8 heteroatoms. The van der Waals surface area contributed by atoms with E-state index in [9.17, 15) is 19.2 Å². The number of anilines is 2. The predicted octanol–water partition coefficient (Wildman–Crippen LogP) is 4.04. The SMILES string of the molecule is COc1ccc(CN2C(=O)C3CCCC3N(C(=O)CN3C(=O)c4ccccc4C3=O)c3ccccc32)cc1. The highest BCUT2D eigenvalue weighted by molar-refractivity contribution is 6.23. The van der Waals surface area contributed by atoms with Crippen LogP contribution < -0.4 is 14.5 Å². The van der Waals surface area contributed by atoms with Gasteiger partial charge in [-0.3, -0.25) is 24.1 Å². The number of hydrogen-bond donors (Lipinski definition) is 0. The van der Waals surface area contributed by atoms with Gasteiger partial charge in [-0.2, -0.15) is 0 Å². The molecule has 3 aromatic carbocycles. The van der Waals surface area contributed by atoms with E-state index in [0.29, 0.717) is 41.9 Å². The third-order valence-electron chi connectivity index (χ3n) is 7.77. The molecular weight excluding hydrogens is 482 g/mol. The highest BCUT2D eigenvalue weighted by Gasteiger charge is 2.46. The van der Waals surface area contributed by atoms with E-state index >= 15 is 0 Å². The number of carbonyl (C=O) groups excluding carboxylic acids is 4. The molecule has 4 amide bonds. The minimum Gasteiger partial charge on any atom is -0.497 e. The Morgan fingerprint density at radius 2 is 1.45 bits per heavy atom. The van der Waals surface area contributed by atoms with Gasteiger partial charge in [-0.25, -0.2) is 0 Å². The number of methoxy groups -OCH3 is 1. The van der Waals surface area contributed by atoms with Gasteiger partial charge in [0.1, 0.15) is 12.3 Å². The van der Waals surface area contributed by atoms with Crippen LogP contribution in [0.2, 0.25) is 0 Å². The summed E-state index contributed by atoms with van der Waals surface area (Å²) >= 11 is 0. The van der Waals surface area contributed by atoms with Crippen molar-refractivity contribution >= 4 is 35.0 Å². The third kappa shape index (κ3) is 3.84. The fraction of sp³-hybridized carbons (Fsp3) is 0.267. The van der Waals surface area contributed by atoms with Gasteiger partial charge < -0.3 is 14.5 Å². The molecule has 3 aromatic rings. The normalized spacial score (nSPS) is 20.2. The van der Waals surface area contributed by atoms with E-state index in [0.717, 1.165) is 22.6 Å². The third-order valence-corrected chi connectivity index (χ3v) is 7.77. The van der Waals surface area contributed by atoms with E-state index in [2.05, 4.69) is 0 Å². The molecule has 0 N–H and O–H groups in total. The summed E-state index contributed by atoms with van der Waals surface area (Å²) in [6, 6.07) is 21.2. The second-order valence-corrected chi connectivity index (χ2v) is 9.87. The smallest absolute Gasteiger partial charge is 0.262 e. The van der Waals surface area contributed by atoms with Crippen LogP contribution >= 0.6 is 0 Å². The largest absolute Gasteiger partial charge is 0.497 e. The van der Waals surface area contributed by atoms with Crippen molar-refractivity contribution in [3.05, 3.63) is 89.5 Å². The highest BCUT2D eigenvalue weighted by atomic mass is 16.5. The molecule has 0 bridgehead atoms. The lowest BCUT2D eigenvalue weighted by atomic mass is 10.0. The monoisotopic (exact) mass is 509 g/mol. The summed E-state index contributed by atoms with van der Waals surface area (Å²) in [5.74, 6) is -0.969. The number of fused-ring (bicyclic) bond motifs is 3. The maximum absolute atomic E-state index is 13.9. The van der Waals surface area contributed by atoms with Crippen LogP contribution in [0, 0.1) is 5.92 Å². The summed E-state index contributed by atoms with van der Waals surface area (Å²) in [4.78, 5) is 58.3. The minimum atomic E-state index is -0.470. The van der Waals surface area contributed by atoms with E-state index < -0.39 is 11.8 Å². The maximum Gasteiger partial charge on any atom is 0.262 e. The van der Waals surface area contributed by atoms with Gasteiger partial charge in [-0.1, -0.05) is 42.8 Å². The Balaban J connectivity index is 1.36. The molecule has 1 saturated carbocycles. The van der Waals surface area contributed by atoms with E-state index in [1.165, 1.54) is 0 Å². The Morgan fingerprint density at radius 1 is 0.816 bits per heavy atom. The molecule has 0 aromatic heterocycles. The van der Waals surface area contributed by atoms with Crippen molar-refractivity contribution in [1.82, 2.24) is 4.90 Å². The zero-order chi connectivity index (χ0) is 26.4. The molecule has 3 aliphatic rings. The average Bonchev–Trinajstić information content (AvgIpc) is 3.49. The summed E-state index contributed by atoms with van der Waals surface area (Å²) in [6.07, 6.45) is 2.17. The van der Waals surface area contributed by atoms with Gasteiger partial charge in [0.15, 0.2) is 0 Å². The van der Waals surface area contributed by atoms with Crippen LogP contribution in [0.3, 0.4) is 0 Å². The summed E-state index contributed by atoms with van der Waals surface area (Å²) in [5, 5.41) is 0. The van der Waals surface area contributed by atoms with Gasteiger partial charge >= 0.3 is 0 Å². The van der Waals surface area contributed by atoms with Crippen molar-refractivity contribution in [1.29, 1.82) is 0 Å². The number of rotatable bonds is 5. The Hall–Kier alpha value is -4.46. The van der Waals surface area contributed by atoms with Crippen LogP contribution in [0.4, 0.5) is 11.4 Å². The summed E-state index contributed by atoms with van der Waals surface area (Å²) in [6.45, 7) is -0.0277. The molecule has 8 nitrogen and oxygen atoms in total. The van der Waals surface area contributed by atoms with Crippen LogP contribution in [0.25, 0.3) is 0 Å². The molecule has 0 saturated heterocycles. The first kappa shape index (κ1) is 23.9. The minimum absolute atomic E-state index is 0.0215. The van der Waals surface area contributed by atoms with Crippen molar-refractivity contribution in [2.24, 2.45) is 5.92 Å². The Labute approximate surface area is 220 Å². The van der Waals surface area contributed by atoms with Gasteiger partial charge in [0, 0.05) is 6.04 Å². The molecular formula is C30H27N3O5. The number of nitrogens with zero attached hydrogens (tertiary/aromatic N) is 3. The lowest BCUT2D eigenvalue weighted by Gasteiger charge is -2.31. The lowest BCUT2D eigenvalue weighted by Crippen LogP contribution is -2.49. The zero-order valence-corrected chi connectivity index (χ0v) is 21.0. The predicted molar refractivity (Wildman–Crippen MR) is 141 cm³/mol. The van der Waals surface area contributed by atoms with Crippen molar-refractivity contribution in [2.45, 2.75) is 31.8 Å². The average molecular weight is 510 g/mol. The van der Waals surface area contributed by atoms with Crippen molar-refractivity contribution < 1.29 is 23.9 Å². The molecule has 0 spiro atoms. The number of benzene rings is 3. The quantitative estimate of drug-likeness (QED) is 0.485. The fourth-order valence-electron chi connectivity index (χ4n) is 5.92. The van der Waals surface area contributed by atoms with Crippen molar-refractivity contribution in [3.63, 3.8) is 0 Å². The Morgan fingerprint density at radius 3 is 2.11 bits per heavy atom. The fourth-order valence-corrected chi connectivity index (χ4v) is 5.92. The number of carbonyl (C=O) groups is 4. The molecule has 2 atom stereocenters. The number of amides is 4. The van der Waals surface area contributed by atoms with Crippen LogP contribution in [0.5, 0.6) is 5.75 Å². The van der Waals surface area contributed by atoms with Crippen LogP contribution in [0.15, 0.2) is 72.8 Å². The molecule has 2 aliphatic heterocycles. The first-order valence-corrected chi connectivity index (χ1v) is 12.8. The topological polar surface area (TPSA) is 87.2 Å². The molecule has 6 rings (SSSR count). The summed E-state index contributed by atoms with van der Waals surface area (Å²) < 4.78 is 5.27. The molecule has 1 aliphatic carbocycles. The molecule has 2 unspecified atom stereocenters. The van der Waals surface area contributed by atoms with E-state index in [1.807, 2.05) is 48.5 Å². The molecule has 192 valence electrons. The van der Waals surface area contributed by atoms with Crippen LogP contribution in [-0.2, 0) is 16.1 Å². The Kier molecular flexibility index (Phi) is 5.94. The van der Waals surface area contributed by atoms with Crippen LogP contribution in [-0.4, -0.2) is 48.2 Å². The second-order valence-electron chi connectivity index (χ2n) is 9.87. The first-order valence-electron chi connectivity index (χ1n) is 12.8. The van der Waals surface area contributed by atoms with E-state index in [4.69, 9.17) is 4.74 Å². The second kappa shape index (κ2) is 9.45. The molecule has 0 radical (unpaired) electrons. The standard InChI is InChI=1S/C30H27N3O5/c1-38-20-15-13-19(14-16-20)17-31-25-10-4-5-11-26(25)33(24-12-6-9-23(24)30(31)37)27(34)18-32-28(35)21-7-2-3-8-22(21)29(32)36/h2-5,7-8,10-11,13-16,23-24H,6,9,12,17-18H2,1H3. The van der Waals surface area contributed by atoms with Crippen LogP contribution in [0.1, 0.15) is 45.5 Å². The first-order chi connectivity index (χ1) is 18.5. The number of imide groups is 1.